The fraction of sp³-hybridized carbons (Fsp3) is 0.500. The van der Waals surface area contributed by atoms with E-state index in [2.05, 4.69) is 5.10 Å². The van der Waals surface area contributed by atoms with Crippen LogP contribution in [0.15, 0.2) is 17.3 Å². The molecule has 1 aliphatic rings. The number of aromatic nitrogens is 2. The first-order valence-corrected chi connectivity index (χ1v) is 6.26. The first-order chi connectivity index (χ1) is 7.38. The van der Waals surface area contributed by atoms with E-state index < -0.39 is 10.0 Å². The molecule has 2 heterocycles. The summed E-state index contributed by atoms with van der Waals surface area (Å²) in [6.07, 6.45) is 1.56. The number of carbonyl (C=O) groups is 1. The third kappa shape index (κ3) is 1.93. The lowest BCUT2D eigenvalue weighted by molar-refractivity contribution is -0.134. The summed E-state index contributed by atoms with van der Waals surface area (Å²) in [4.78, 5) is 12.6. The van der Waals surface area contributed by atoms with Gasteiger partial charge in [0.2, 0.25) is 5.91 Å². The van der Waals surface area contributed by atoms with Crippen molar-refractivity contribution in [2.75, 3.05) is 13.1 Å². The maximum atomic E-state index is 11.0. The second-order valence-corrected chi connectivity index (χ2v) is 5.27. The van der Waals surface area contributed by atoms with E-state index in [0.29, 0.717) is 13.1 Å². The number of hydrogen-bond donors (Lipinski definition) is 1. The molecule has 0 aliphatic carbocycles. The lowest BCUT2D eigenvalue weighted by atomic mass is 10.1. The van der Waals surface area contributed by atoms with Gasteiger partial charge in [0.15, 0.2) is 5.03 Å². The first kappa shape index (κ1) is 11.1. The average Bonchev–Trinajstić information content (AvgIpc) is 2.47. The molecular weight excluding hydrogens is 232 g/mol. The van der Waals surface area contributed by atoms with Gasteiger partial charge in [0, 0.05) is 26.2 Å². The number of nitrogens with zero attached hydrogens (tertiary/aromatic N) is 3. The number of likely N-dealkylation sites (tertiary alicyclic amines) is 1. The van der Waals surface area contributed by atoms with Gasteiger partial charge < -0.3 is 4.90 Å². The monoisotopic (exact) mass is 244 g/mol. The van der Waals surface area contributed by atoms with Gasteiger partial charge in [0.25, 0.3) is 10.0 Å². The van der Waals surface area contributed by atoms with E-state index >= 15 is 0 Å². The van der Waals surface area contributed by atoms with Crippen LogP contribution in [0.3, 0.4) is 0 Å². The van der Waals surface area contributed by atoms with Gasteiger partial charge in [0.05, 0.1) is 6.04 Å². The van der Waals surface area contributed by atoms with E-state index in [1.807, 2.05) is 0 Å². The van der Waals surface area contributed by atoms with Crippen molar-refractivity contribution in [3.8, 4) is 0 Å². The number of sulfonamides is 1. The third-order valence-electron chi connectivity index (χ3n) is 2.56. The largest absolute Gasteiger partial charge is 0.339 e. The molecular formula is C8H12N4O3S. The van der Waals surface area contributed by atoms with E-state index in [0.717, 1.165) is 0 Å². The summed E-state index contributed by atoms with van der Waals surface area (Å²) in [5.74, 6) is 0.00933. The molecule has 0 aromatic carbocycles. The molecule has 0 unspecified atom stereocenters. The van der Waals surface area contributed by atoms with Crippen LogP contribution in [0.1, 0.15) is 13.0 Å². The number of primary sulfonamides is 1. The van der Waals surface area contributed by atoms with E-state index in [9.17, 15) is 13.2 Å². The molecule has 2 rings (SSSR count). The van der Waals surface area contributed by atoms with Crippen LogP contribution in [0.5, 0.6) is 0 Å². The molecule has 16 heavy (non-hydrogen) atoms. The molecule has 1 aromatic rings. The highest BCUT2D eigenvalue weighted by Gasteiger charge is 2.30. The highest BCUT2D eigenvalue weighted by Crippen LogP contribution is 2.20. The molecule has 0 atom stereocenters. The standard InChI is InChI=1S/C8H12N4O3S/c1-6(13)11-4-7(5-11)12-3-2-8(10-12)16(9,14)15/h2-3,7H,4-5H2,1H3,(H2,9,14,15). The normalized spacial score (nSPS) is 17.2. The van der Waals surface area contributed by atoms with Gasteiger partial charge in [-0.2, -0.15) is 5.10 Å². The van der Waals surface area contributed by atoms with Crippen molar-refractivity contribution in [1.82, 2.24) is 14.7 Å². The van der Waals surface area contributed by atoms with Crippen molar-refractivity contribution in [2.45, 2.75) is 18.0 Å². The average molecular weight is 244 g/mol. The summed E-state index contributed by atoms with van der Waals surface area (Å²) in [6.45, 7) is 2.61. The van der Waals surface area contributed by atoms with Gasteiger partial charge in [0.1, 0.15) is 0 Å². The van der Waals surface area contributed by atoms with E-state index in [1.54, 1.807) is 11.1 Å². The highest BCUT2D eigenvalue weighted by molar-refractivity contribution is 7.89. The lowest BCUT2D eigenvalue weighted by Gasteiger charge is -2.38. The van der Waals surface area contributed by atoms with Crippen molar-refractivity contribution < 1.29 is 13.2 Å². The van der Waals surface area contributed by atoms with Gasteiger partial charge in [-0.15, -0.1) is 0 Å². The molecule has 7 nitrogen and oxygen atoms in total. The maximum absolute atomic E-state index is 11.0. The van der Waals surface area contributed by atoms with Crippen molar-refractivity contribution >= 4 is 15.9 Å². The molecule has 2 N–H and O–H groups in total. The Hall–Kier alpha value is -1.41. The number of carbonyl (C=O) groups excluding carboxylic acids is 1. The molecule has 1 saturated heterocycles. The van der Waals surface area contributed by atoms with Crippen LogP contribution in [0.2, 0.25) is 0 Å². The molecule has 1 aliphatic heterocycles. The molecule has 0 spiro atoms. The molecule has 0 radical (unpaired) electrons. The summed E-state index contributed by atoms with van der Waals surface area (Å²) in [5, 5.41) is 8.66. The van der Waals surface area contributed by atoms with Crippen molar-refractivity contribution in [3.05, 3.63) is 12.3 Å². The zero-order valence-corrected chi connectivity index (χ0v) is 9.51. The van der Waals surface area contributed by atoms with Crippen LogP contribution in [0.4, 0.5) is 0 Å². The summed E-state index contributed by atoms with van der Waals surface area (Å²) < 4.78 is 23.5. The number of hydrogen-bond acceptors (Lipinski definition) is 4. The van der Waals surface area contributed by atoms with Gasteiger partial charge in [-0.05, 0) is 6.07 Å². The maximum Gasteiger partial charge on any atom is 0.257 e. The Balaban J connectivity index is 2.08. The van der Waals surface area contributed by atoms with Gasteiger partial charge >= 0.3 is 0 Å². The highest BCUT2D eigenvalue weighted by atomic mass is 32.2. The second kappa shape index (κ2) is 3.56. The van der Waals surface area contributed by atoms with Gasteiger partial charge in [-0.25, -0.2) is 13.6 Å². The summed E-state index contributed by atoms with van der Waals surface area (Å²) in [6, 6.07) is 1.39. The Morgan fingerprint density at radius 3 is 2.62 bits per heavy atom. The van der Waals surface area contributed by atoms with E-state index in [-0.39, 0.29) is 17.0 Å². The van der Waals surface area contributed by atoms with Gasteiger partial charge in [-0.1, -0.05) is 0 Å². The Morgan fingerprint density at radius 2 is 2.19 bits per heavy atom. The topological polar surface area (TPSA) is 98.3 Å². The van der Waals surface area contributed by atoms with Crippen molar-refractivity contribution in [2.24, 2.45) is 5.14 Å². The number of amides is 1. The van der Waals surface area contributed by atoms with E-state index in [4.69, 9.17) is 5.14 Å². The SMILES string of the molecule is CC(=O)N1CC(n2ccc(S(N)(=O)=O)n2)C1. The summed E-state index contributed by atoms with van der Waals surface area (Å²) in [7, 11) is -3.74. The Labute approximate surface area is 92.9 Å². The third-order valence-corrected chi connectivity index (χ3v) is 3.36. The fourth-order valence-electron chi connectivity index (χ4n) is 1.56. The molecule has 1 fully saturated rings. The number of rotatable bonds is 2. The predicted molar refractivity (Wildman–Crippen MR) is 54.9 cm³/mol. The van der Waals surface area contributed by atoms with Crippen LogP contribution >= 0.6 is 0 Å². The van der Waals surface area contributed by atoms with Crippen molar-refractivity contribution in [3.63, 3.8) is 0 Å². The molecule has 0 bridgehead atoms. The van der Waals surface area contributed by atoms with Crippen LogP contribution in [-0.2, 0) is 14.8 Å². The second-order valence-electron chi connectivity index (χ2n) is 3.76. The van der Waals surface area contributed by atoms with E-state index in [1.165, 1.54) is 17.7 Å². The quantitative estimate of drug-likeness (QED) is 0.716. The fourth-order valence-corrected chi connectivity index (χ4v) is 2.01. The van der Waals surface area contributed by atoms with Crippen LogP contribution in [0, 0.1) is 0 Å². The Kier molecular flexibility index (Phi) is 2.47. The molecule has 1 aromatic heterocycles. The lowest BCUT2D eigenvalue weighted by Crippen LogP contribution is -2.50. The number of nitrogens with two attached hydrogens (primary N) is 1. The minimum absolute atomic E-state index is 0.00933. The molecule has 1 amide bonds. The minimum atomic E-state index is -3.74. The van der Waals surface area contributed by atoms with Gasteiger partial charge in [-0.3, -0.25) is 9.48 Å². The Bertz CT molecular complexity index is 515. The smallest absolute Gasteiger partial charge is 0.257 e. The molecule has 88 valence electrons. The zero-order valence-electron chi connectivity index (χ0n) is 8.70. The minimum Gasteiger partial charge on any atom is -0.339 e. The predicted octanol–water partition coefficient (Wildman–Crippen LogP) is -1.07. The van der Waals surface area contributed by atoms with Crippen LogP contribution in [0.25, 0.3) is 0 Å². The van der Waals surface area contributed by atoms with Crippen LogP contribution < -0.4 is 5.14 Å². The summed E-state index contributed by atoms with van der Waals surface area (Å²) in [5.41, 5.74) is 0. The van der Waals surface area contributed by atoms with Crippen molar-refractivity contribution in [1.29, 1.82) is 0 Å². The zero-order chi connectivity index (χ0) is 11.9. The first-order valence-electron chi connectivity index (χ1n) is 4.71. The summed E-state index contributed by atoms with van der Waals surface area (Å²) >= 11 is 0. The molecule has 8 heteroatoms. The Morgan fingerprint density at radius 1 is 1.56 bits per heavy atom. The molecule has 0 saturated carbocycles. The van der Waals surface area contributed by atoms with Crippen LogP contribution in [-0.4, -0.2) is 42.1 Å².